The first kappa shape index (κ1) is 20.1. The van der Waals surface area contributed by atoms with E-state index in [1.807, 2.05) is 35.8 Å². The van der Waals surface area contributed by atoms with E-state index in [1.165, 1.54) is 6.07 Å². The molecule has 0 radical (unpaired) electrons. The van der Waals surface area contributed by atoms with Crippen molar-refractivity contribution < 1.29 is 9.13 Å². The number of aromatic nitrogens is 2. The first-order valence-electron chi connectivity index (χ1n) is 10.4. The highest BCUT2D eigenvalue weighted by Gasteiger charge is 2.21. The number of fused-ring (bicyclic) bond motifs is 2. The van der Waals surface area contributed by atoms with Crippen molar-refractivity contribution in [3.63, 3.8) is 0 Å². The Kier molecular flexibility index (Phi) is 5.07. The lowest BCUT2D eigenvalue weighted by atomic mass is 10.1. The summed E-state index contributed by atoms with van der Waals surface area (Å²) in [6.45, 7) is 4.75. The second kappa shape index (κ2) is 8.05. The Bertz CT molecular complexity index is 1370. The maximum atomic E-state index is 14.5. The fourth-order valence-corrected chi connectivity index (χ4v) is 4.37. The number of nitrogens with zero attached hydrogens (tertiary/aromatic N) is 4. The van der Waals surface area contributed by atoms with Gasteiger partial charge in [0, 0.05) is 35.1 Å². The van der Waals surface area contributed by atoms with E-state index >= 15 is 0 Å². The average Bonchev–Trinajstić information content (AvgIpc) is 3.14. The fraction of sp³-hybridized carbons (Fsp3) is 0.208. The number of hydrogen-bond acceptors (Lipinski definition) is 4. The third-order valence-electron chi connectivity index (χ3n) is 5.86. The van der Waals surface area contributed by atoms with Gasteiger partial charge in [0.1, 0.15) is 29.3 Å². The lowest BCUT2D eigenvalue weighted by Gasteiger charge is -2.29. The molecule has 1 aliphatic heterocycles. The van der Waals surface area contributed by atoms with E-state index in [1.54, 1.807) is 12.1 Å². The molecule has 8 heteroatoms. The van der Waals surface area contributed by atoms with Gasteiger partial charge in [-0.2, -0.15) is 0 Å². The minimum Gasteiger partial charge on any atom is -0.383 e. The number of nitrogens with one attached hydrogen (secondary N) is 1. The molecule has 4 aromatic rings. The number of amidine groups is 1. The van der Waals surface area contributed by atoms with Crippen LogP contribution in [0.2, 0.25) is 0 Å². The number of aryl methyl sites for hydroxylation is 1. The average molecular weight is 430 g/mol. The largest absolute Gasteiger partial charge is 0.383 e. The Hall–Kier alpha value is -3.78. The monoisotopic (exact) mass is 430 g/mol. The molecule has 3 N–H and O–H groups in total. The van der Waals surface area contributed by atoms with Crippen molar-refractivity contribution >= 4 is 39.7 Å². The van der Waals surface area contributed by atoms with Gasteiger partial charge in [0.25, 0.3) is 0 Å². The highest BCUT2D eigenvalue weighted by molar-refractivity contribution is 6.11. The van der Waals surface area contributed by atoms with Crippen molar-refractivity contribution in [2.75, 3.05) is 31.2 Å². The zero-order valence-electron chi connectivity index (χ0n) is 17.7. The fourth-order valence-electron chi connectivity index (χ4n) is 4.37. The van der Waals surface area contributed by atoms with Gasteiger partial charge < -0.3 is 15.4 Å². The second-order valence-electron chi connectivity index (χ2n) is 7.71. The molecular formula is C24H23FN6O. The summed E-state index contributed by atoms with van der Waals surface area (Å²) < 4.78 is 22.0. The van der Waals surface area contributed by atoms with E-state index < -0.39 is 0 Å². The Balaban J connectivity index is 1.82. The molecule has 0 bridgehead atoms. The lowest BCUT2D eigenvalue weighted by Crippen LogP contribution is -2.36. The Morgan fingerprint density at radius 1 is 1.16 bits per heavy atom. The van der Waals surface area contributed by atoms with Crippen molar-refractivity contribution in [2.24, 2.45) is 10.7 Å². The van der Waals surface area contributed by atoms with Crippen LogP contribution < -0.4 is 10.6 Å². The SMILES string of the molecule is Cc1nc2c(C(N)=NC=N)cc(N3CCOCC3)cc2n1-c1cccc2c(F)cccc12. The Morgan fingerprint density at radius 3 is 2.69 bits per heavy atom. The van der Waals surface area contributed by atoms with E-state index in [0.717, 1.165) is 47.5 Å². The Labute approximate surface area is 184 Å². The molecule has 0 amide bonds. The number of morpholine rings is 1. The van der Waals surface area contributed by atoms with E-state index in [0.29, 0.717) is 29.7 Å². The third-order valence-corrected chi connectivity index (χ3v) is 5.86. The van der Waals surface area contributed by atoms with Crippen LogP contribution in [0.3, 0.4) is 0 Å². The molecule has 1 aromatic heterocycles. The number of hydrogen-bond donors (Lipinski definition) is 2. The zero-order valence-corrected chi connectivity index (χ0v) is 17.7. The molecule has 3 aromatic carbocycles. The minimum absolute atomic E-state index is 0.230. The van der Waals surface area contributed by atoms with Crippen molar-refractivity contribution in [3.05, 3.63) is 65.7 Å². The van der Waals surface area contributed by atoms with Crippen LogP contribution in [0, 0.1) is 18.2 Å². The first-order valence-corrected chi connectivity index (χ1v) is 10.4. The van der Waals surface area contributed by atoms with Gasteiger partial charge in [0.2, 0.25) is 0 Å². The normalized spacial score (nSPS) is 14.9. The number of aliphatic imine (C=N–C) groups is 1. The summed E-state index contributed by atoms with van der Waals surface area (Å²) in [7, 11) is 0. The molecule has 0 aliphatic carbocycles. The van der Waals surface area contributed by atoms with Gasteiger partial charge in [-0.1, -0.05) is 24.3 Å². The van der Waals surface area contributed by atoms with Crippen LogP contribution in [-0.2, 0) is 4.74 Å². The summed E-state index contributed by atoms with van der Waals surface area (Å²) in [4.78, 5) is 11.0. The van der Waals surface area contributed by atoms with Gasteiger partial charge in [-0.15, -0.1) is 0 Å². The van der Waals surface area contributed by atoms with E-state index in [9.17, 15) is 4.39 Å². The van der Waals surface area contributed by atoms with Crippen LogP contribution in [0.15, 0.2) is 53.5 Å². The van der Waals surface area contributed by atoms with Crippen LogP contribution in [-0.4, -0.2) is 48.0 Å². The molecule has 1 saturated heterocycles. The Morgan fingerprint density at radius 2 is 1.91 bits per heavy atom. The molecule has 32 heavy (non-hydrogen) atoms. The summed E-state index contributed by atoms with van der Waals surface area (Å²) in [5.41, 5.74) is 10.3. The summed E-state index contributed by atoms with van der Waals surface area (Å²) in [5.74, 6) is 0.719. The summed E-state index contributed by atoms with van der Waals surface area (Å²) >= 11 is 0. The van der Waals surface area contributed by atoms with E-state index in [4.69, 9.17) is 20.9 Å². The number of nitrogens with two attached hydrogens (primary N) is 1. The summed E-state index contributed by atoms with van der Waals surface area (Å²) in [5, 5.41) is 8.71. The molecular weight excluding hydrogens is 407 g/mol. The number of benzene rings is 3. The standard InChI is InChI=1S/C24H23FN6O/c1-15-29-23-19(24(27)28-14-26)12-16(30-8-10-32-11-9-30)13-22(23)31(15)21-7-3-4-17-18(21)5-2-6-20(17)25/h2-7,12-14H,8-11H2,1H3,(H3,26,27,28). The predicted molar refractivity (Wildman–Crippen MR) is 126 cm³/mol. The second-order valence-corrected chi connectivity index (χ2v) is 7.71. The van der Waals surface area contributed by atoms with Gasteiger partial charge in [-0.05, 0) is 31.2 Å². The van der Waals surface area contributed by atoms with Crippen LogP contribution in [0.25, 0.3) is 27.5 Å². The molecule has 5 rings (SSSR count). The van der Waals surface area contributed by atoms with Crippen molar-refractivity contribution in [3.8, 4) is 5.69 Å². The number of anilines is 1. The maximum Gasteiger partial charge on any atom is 0.134 e. The van der Waals surface area contributed by atoms with Crippen LogP contribution in [0.4, 0.5) is 10.1 Å². The highest BCUT2D eigenvalue weighted by atomic mass is 19.1. The zero-order chi connectivity index (χ0) is 22.2. The van der Waals surface area contributed by atoms with E-state index in [2.05, 4.69) is 16.0 Å². The maximum absolute atomic E-state index is 14.5. The van der Waals surface area contributed by atoms with Crippen LogP contribution >= 0.6 is 0 Å². The molecule has 162 valence electrons. The molecule has 1 fully saturated rings. The topological polar surface area (TPSA) is 92.5 Å². The number of ether oxygens (including phenoxy) is 1. The van der Waals surface area contributed by atoms with Gasteiger partial charge in [-0.3, -0.25) is 9.98 Å². The van der Waals surface area contributed by atoms with Gasteiger partial charge in [-0.25, -0.2) is 14.4 Å². The van der Waals surface area contributed by atoms with Crippen LogP contribution in [0.5, 0.6) is 0 Å². The number of imidazole rings is 1. The smallest absolute Gasteiger partial charge is 0.134 e. The molecule has 7 nitrogen and oxygen atoms in total. The highest BCUT2D eigenvalue weighted by Crippen LogP contribution is 2.33. The van der Waals surface area contributed by atoms with Crippen molar-refractivity contribution in [1.29, 1.82) is 5.41 Å². The molecule has 0 atom stereocenters. The van der Waals surface area contributed by atoms with Gasteiger partial charge in [0.05, 0.1) is 24.4 Å². The quantitative estimate of drug-likeness (QED) is 0.381. The molecule has 1 aliphatic rings. The molecule has 0 unspecified atom stereocenters. The lowest BCUT2D eigenvalue weighted by molar-refractivity contribution is 0.122. The molecule has 0 spiro atoms. The number of halogens is 1. The molecule has 0 saturated carbocycles. The number of rotatable bonds is 4. The van der Waals surface area contributed by atoms with Crippen LogP contribution in [0.1, 0.15) is 11.4 Å². The van der Waals surface area contributed by atoms with E-state index in [-0.39, 0.29) is 11.7 Å². The van der Waals surface area contributed by atoms with Crippen molar-refractivity contribution in [1.82, 2.24) is 9.55 Å². The first-order chi connectivity index (χ1) is 15.6. The van der Waals surface area contributed by atoms with Gasteiger partial charge >= 0.3 is 0 Å². The van der Waals surface area contributed by atoms with Gasteiger partial charge in [0.15, 0.2) is 0 Å². The third kappa shape index (κ3) is 3.29. The summed E-state index contributed by atoms with van der Waals surface area (Å²) in [6.07, 6.45) is 0.930. The van der Waals surface area contributed by atoms with Crippen molar-refractivity contribution in [2.45, 2.75) is 6.92 Å². The molecule has 2 heterocycles. The summed E-state index contributed by atoms with van der Waals surface area (Å²) in [6, 6.07) is 14.7. The predicted octanol–water partition coefficient (Wildman–Crippen LogP) is 3.78. The minimum atomic E-state index is -0.261.